The van der Waals surface area contributed by atoms with Gasteiger partial charge in [-0.1, -0.05) is 18.2 Å². The number of carboxylic acid groups (broad SMARTS) is 1. The van der Waals surface area contributed by atoms with Crippen LogP contribution in [-0.4, -0.2) is 41.9 Å². The summed E-state index contributed by atoms with van der Waals surface area (Å²) >= 11 is 0. The van der Waals surface area contributed by atoms with E-state index >= 15 is 0 Å². The molecule has 0 radical (unpaired) electrons. The zero-order chi connectivity index (χ0) is 13.2. The lowest BCUT2D eigenvalue weighted by atomic mass is 10.2. The first-order valence-corrected chi connectivity index (χ1v) is 6.19. The number of morpholine rings is 1. The molecule has 2 heterocycles. The third-order valence-corrected chi connectivity index (χ3v) is 3.29. The van der Waals surface area contributed by atoms with E-state index in [2.05, 4.69) is 4.98 Å². The first kappa shape index (κ1) is 11.9. The van der Waals surface area contributed by atoms with Crippen molar-refractivity contribution < 1.29 is 14.6 Å². The molecular formula is C14H14N2O3. The Labute approximate surface area is 110 Å². The van der Waals surface area contributed by atoms with Gasteiger partial charge < -0.3 is 14.7 Å². The molecule has 1 N–H and O–H groups in total. The van der Waals surface area contributed by atoms with Crippen LogP contribution in [0, 0.1) is 0 Å². The SMILES string of the molecule is O=C(O)C1COCCN1c1ccc2ccccc2n1. The maximum absolute atomic E-state index is 11.3. The smallest absolute Gasteiger partial charge is 0.328 e. The molecule has 0 spiro atoms. The number of nitrogens with zero attached hydrogens (tertiary/aromatic N) is 2. The molecule has 1 aliphatic heterocycles. The Bertz CT molecular complexity index is 614. The first-order valence-electron chi connectivity index (χ1n) is 6.19. The van der Waals surface area contributed by atoms with Crippen LogP contribution in [-0.2, 0) is 9.53 Å². The zero-order valence-electron chi connectivity index (χ0n) is 10.3. The van der Waals surface area contributed by atoms with Crippen molar-refractivity contribution >= 4 is 22.7 Å². The van der Waals surface area contributed by atoms with Crippen molar-refractivity contribution in [3.8, 4) is 0 Å². The molecule has 0 saturated carbocycles. The minimum atomic E-state index is -0.880. The molecule has 3 rings (SSSR count). The summed E-state index contributed by atoms with van der Waals surface area (Å²) in [7, 11) is 0. The van der Waals surface area contributed by atoms with Gasteiger partial charge in [0.15, 0.2) is 6.04 Å². The highest BCUT2D eigenvalue weighted by molar-refractivity contribution is 5.82. The zero-order valence-corrected chi connectivity index (χ0v) is 10.3. The quantitative estimate of drug-likeness (QED) is 0.885. The largest absolute Gasteiger partial charge is 0.480 e. The molecule has 1 saturated heterocycles. The van der Waals surface area contributed by atoms with Gasteiger partial charge in [-0.05, 0) is 18.2 Å². The number of pyridine rings is 1. The van der Waals surface area contributed by atoms with Crippen LogP contribution in [0.15, 0.2) is 36.4 Å². The molecule has 19 heavy (non-hydrogen) atoms. The highest BCUT2D eigenvalue weighted by Crippen LogP contribution is 2.21. The van der Waals surface area contributed by atoms with E-state index in [1.165, 1.54) is 0 Å². The summed E-state index contributed by atoms with van der Waals surface area (Å²) < 4.78 is 5.23. The third kappa shape index (κ3) is 2.24. The second-order valence-electron chi connectivity index (χ2n) is 4.48. The van der Waals surface area contributed by atoms with Crippen molar-refractivity contribution in [1.82, 2.24) is 4.98 Å². The number of aromatic nitrogens is 1. The number of carboxylic acids is 1. The van der Waals surface area contributed by atoms with Crippen molar-refractivity contribution in [2.24, 2.45) is 0 Å². The van der Waals surface area contributed by atoms with Crippen molar-refractivity contribution in [2.45, 2.75) is 6.04 Å². The predicted molar refractivity (Wildman–Crippen MR) is 71.3 cm³/mol. The molecule has 1 atom stereocenters. The highest BCUT2D eigenvalue weighted by Gasteiger charge is 2.30. The van der Waals surface area contributed by atoms with Crippen LogP contribution in [0.3, 0.4) is 0 Å². The Morgan fingerprint density at radius 2 is 2.16 bits per heavy atom. The van der Waals surface area contributed by atoms with E-state index in [0.29, 0.717) is 19.0 Å². The number of para-hydroxylation sites is 1. The number of carbonyl (C=O) groups is 1. The summed E-state index contributed by atoms with van der Waals surface area (Å²) in [5.74, 6) is -0.191. The van der Waals surface area contributed by atoms with E-state index in [1.807, 2.05) is 36.4 Å². The fourth-order valence-electron chi connectivity index (χ4n) is 2.30. The molecule has 98 valence electrons. The summed E-state index contributed by atoms with van der Waals surface area (Å²) in [6.07, 6.45) is 0. The van der Waals surface area contributed by atoms with E-state index in [-0.39, 0.29) is 6.61 Å². The number of rotatable bonds is 2. The third-order valence-electron chi connectivity index (χ3n) is 3.29. The summed E-state index contributed by atoms with van der Waals surface area (Å²) in [6.45, 7) is 1.27. The Kier molecular flexibility index (Phi) is 3.05. The molecule has 0 aliphatic carbocycles. The number of benzene rings is 1. The van der Waals surface area contributed by atoms with Crippen molar-refractivity contribution in [1.29, 1.82) is 0 Å². The second-order valence-corrected chi connectivity index (χ2v) is 4.48. The van der Waals surface area contributed by atoms with Crippen molar-refractivity contribution in [3.63, 3.8) is 0 Å². The van der Waals surface area contributed by atoms with E-state index in [9.17, 15) is 9.90 Å². The molecule has 0 amide bonds. The molecule has 1 aromatic carbocycles. The number of aliphatic carboxylic acids is 1. The van der Waals surface area contributed by atoms with Crippen LogP contribution in [0.1, 0.15) is 0 Å². The minimum Gasteiger partial charge on any atom is -0.480 e. The number of hydrogen-bond acceptors (Lipinski definition) is 4. The molecule has 1 unspecified atom stereocenters. The van der Waals surface area contributed by atoms with E-state index in [1.54, 1.807) is 4.90 Å². The van der Waals surface area contributed by atoms with Crippen molar-refractivity contribution in [3.05, 3.63) is 36.4 Å². The minimum absolute atomic E-state index is 0.198. The van der Waals surface area contributed by atoms with Gasteiger partial charge in [-0.25, -0.2) is 9.78 Å². The lowest BCUT2D eigenvalue weighted by Crippen LogP contribution is -2.50. The van der Waals surface area contributed by atoms with Gasteiger partial charge in [-0.2, -0.15) is 0 Å². The summed E-state index contributed by atoms with van der Waals surface area (Å²) in [5.41, 5.74) is 0.871. The second kappa shape index (κ2) is 4.85. The van der Waals surface area contributed by atoms with Crippen LogP contribution >= 0.6 is 0 Å². The summed E-state index contributed by atoms with van der Waals surface area (Å²) in [5, 5.41) is 10.3. The molecule has 2 aromatic rings. The van der Waals surface area contributed by atoms with Crippen LogP contribution < -0.4 is 4.90 Å². The Morgan fingerprint density at radius 3 is 3.00 bits per heavy atom. The monoisotopic (exact) mass is 258 g/mol. The molecular weight excluding hydrogens is 244 g/mol. The Morgan fingerprint density at radius 1 is 1.32 bits per heavy atom. The summed E-state index contributed by atoms with van der Waals surface area (Å²) in [6, 6.07) is 11.0. The molecule has 1 fully saturated rings. The van der Waals surface area contributed by atoms with Gasteiger partial charge in [0.25, 0.3) is 0 Å². The number of ether oxygens (including phenoxy) is 1. The fourth-order valence-corrected chi connectivity index (χ4v) is 2.30. The molecule has 0 bridgehead atoms. The number of fused-ring (bicyclic) bond motifs is 1. The van der Waals surface area contributed by atoms with Gasteiger partial charge in [0.1, 0.15) is 5.82 Å². The van der Waals surface area contributed by atoms with E-state index < -0.39 is 12.0 Å². The van der Waals surface area contributed by atoms with Gasteiger partial charge in [-0.3, -0.25) is 0 Å². The molecule has 5 heteroatoms. The molecule has 1 aromatic heterocycles. The van der Waals surface area contributed by atoms with E-state index in [4.69, 9.17) is 4.74 Å². The predicted octanol–water partition coefficient (Wildman–Crippen LogP) is 1.52. The van der Waals surface area contributed by atoms with Crippen LogP contribution in [0.25, 0.3) is 10.9 Å². The van der Waals surface area contributed by atoms with Gasteiger partial charge in [0.2, 0.25) is 0 Å². The van der Waals surface area contributed by atoms with Crippen molar-refractivity contribution in [2.75, 3.05) is 24.7 Å². The van der Waals surface area contributed by atoms with Gasteiger partial charge in [0, 0.05) is 11.9 Å². The Balaban J connectivity index is 1.99. The van der Waals surface area contributed by atoms with Gasteiger partial charge >= 0.3 is 5.97 Å². The number of hydrogen-bond donors (Lipinski definition) is 1. The first-order chi connectivity index (χ1) is 9.25. The maximum Gasteiger partial charge on any atom is 0.328 e. The molecule has 5 nitrogen and oxygen atoms in total. The van der Waals surface area contributed by atoms with Gasteiger partial charge in [0.05, 0.1) is 18.7 Å². The van der Waals surface area contributed by atoms with Crippen LogP contribution in [0.5, 0.6) is 0 Å². The number of anilines is 1. The lowest BCUT2D eigenvalue weighted by Gasteiger charge is -2.33. The highest BCUT2D eigenvalue weighted by atomic mass is 16.5. The Hall–Kier alpha value is -2.14. The maximum atomic E-state index is 11.3. The van der Waals surface area contributed by atoms with Crippen LogP contribution in [0.4, 0.5) is 5.82 Å². The van der Waals surface area contributed by atoms with E-state index in [0.717, 1.165) is 10.9 Å². The summed E-state index contributed by atoms with van der Waals surface area (Å²) in [4.78, 5) is 17.6. The lowest BCUT2D eigenvalue weighted by molar-refractivity contribution is -0.141. The standard InChI is InChI=1S/C14H14N2O3/c17-14(18)12-9-19-8-7-16(12)13-6-5-10-3-1-2-4-11(10)15-13/h1-6,12H,7-9H2,(H,17,18). The molecule has 1 aliphatic rings. The van der Waals surface area contributed by atoms with Crippen LogP contribution in [0.2, 0.25) is 0 Å². The normalized spacial score (nSPS) is 19.6. The average Bonchev–Trinajstić information content (AvgIpc) is 2.46. The van der Waals surface area contributed by atoms with Gasteiger partial charge in [-0.15, -0.1) is 0 Å². The average molecular weight is 258 g/mol. The fraction of sp³-hybridized carbons (Fsp3) is 0.286. The topological polar surface area (TPSA) is 62.7 Å².